The summed E-state index contributed by atoms with van der Waals surface area (Å²) >= 11 is 0. The van der Waals surface area contributed by atoms with Crippen LogP contribution in [0.1, 0.15) is 10.6 Å². The number of benzene rings is 1. The van der Waals surface area contributed by atoms with Crippen molar-refractivity contribution in [2.45, 2.75) is 12.1 Å². The smallest absolute Gasteiger partial charge is 0.289 e. The van der Waals surface area contributed by atoms with Crippen LogP contribution < -0.4 is 4.74 Å². The van der Waals surface area contributed by atoms with Gasteiger partial charge in [-0.05, 0) is 36.4 Å². The minimum Gasteiger partial charge on any atom is -0.497 e. The number of carbonyl (C=O) groups excluding carboxylic acids is 1. The minimum atomic E-state index is -0.553. The Morgan fingerprint density at radius 1 is 1.11 bits per heavy atom. The zero-order chi connectivity index (χ0) is 18.8. The van der Waals surface area contributed by atoms with Gasteiger partial charge in [-0.1, -0.05) is 0 Å². The zero-order valence-corrected chi connectivity index (χ0v) is 15.3. The molecule has 1 aromatic heterocycles. The summed E-state index contributed by atoms with van der Waals surface area (Å²) in [6.07, 6.45) is -0.553. The molecule has 7 nitrogen and oxygen atoms in total. The van der Waals surface area contributed by atoms with Crippen LogP contribution in [-0.4, -0.2) is 79.5 Å². The second-order valence-corrected chi connectivity index (χ2v) is 6.89. The third-order valence-electron chi connectivity index (χ3n) is 5.25. The van der Waals surface area contributed by atoms with Crippen LogP contribution in [0, 0.1) is 0 Å². The number of hydrogen-bond donors (Lipinski definition) is 1. The fourth-order valence-corrected chi connectivity index (χ4v) is 3.72. The Morgan fingerprint density at radius 2 is 1.85 bits per heavy atom. The molecule has 0 aliphatic carbocycles. The van der Waals surface area contributed by atoms with E-state index in [0.29, 0.717) is 32.1 Å². The fourth-order valence-electron chi connectivity index (χ4n) is 3.72. The first-order chi connectivity index (χ1) is 13.2. The molecule has 2 fully saturated rings. The summed E-state index contributed by atoms with van der Waals surface area (Å²) in [6, 6.07) is 10.9. The number of likely N-dealkylation sites (tertiary alicyclic amines) is 1. The lowest BCUT2D eigenvalue weighted by molar-refractivity contribution is -0.00612. The summed E-state index contributed by atoms with van der Waals surface area (Å²) < 4.78 is 16.3. The van der Waals surface area contributed by atoms with Crippen LogP contribution in [0.4, 0.5) is 0 Å². The predicted octanol–water partition coefficient (Wildman–Crippen LogP) is 1.47. The summed E-state index contributed by atoms with van der Waals surface area (Å²) in [5.74, 6) is 1.49. The van der Waals surface area contributed by atoms with Crippen molar-refractivity contribution in [2.24, 2.45) is 0 Å². The van der Waals surface area contributed by atoms with E-state index in [-0.39, 0.29) is 17.7 Å². The van der Waals surface area contributed by atoms with Crippen molar-refractivity contribution >= 4 is 5.91 Å². The number of amides is 1. The Kier molecular flexibility index (Phi) is 5.15. The van der Waals surface area contributed by atoms with Crippen molar-refractivity contribution < 1.29 is 23.8 Å². The molecule has 0 radical (unpaired) electrons. The normalized spacial score (nSPS) is 23.6. The third-order valence-corrected chi connectivity index (χ3v) is 5.25. The standard InChI is InChI=1S/C20H24N2O5/c1-25-15-4-2-14(3-5-15)18-6-7-19(27-18)20(24)22-12-16(17(23)13-22)21-8-10-26-11-9-21/h2-7,16-17,23H,8-13H2,1H3/t16-,17-/m0/s1. The van der Waals surface area contributed by atoms with E-state index in [1.54, 1.807) is 24.1 Å². The van der Waals surface area contributed by atoms with Crippen molar-refractivity contribution in [1.82, 2.24) is 9.80 Å². The third kappa shape index (κ3) is 3.71. The number of methoxy groups -OCH3 is 1. The second-order valence-electron chi connectivity index (χ2n) is 6.89. The number of ether oxygens (including phenoxy) is 2. The van der Waals surface area contributed by atoms with Crippen LogP contribution in [0.2, 0.25) is 0 Å². The molecule has 1 N–H and O–H groups in total. The van der Waals surface area contributed by atoms with Gasteiger partial charge in [0, 0.05) is 31.7 Å². The Labute approximate surface area is 158 Å². The highest BCUT2D eigenvalue weighted by molar-refractivity contribution is 5.92. The Bertz CT molecular complexity index is 782. The van der Waals surface area contributed by atoms with Gasteiger partial charge in [-0.3, -0.25) is 9.69 Å². The molecule has 2 saturated heterocycles. The average Bonchev–Trinajstić information content (AvgIpc) is 3.35. The molecule has 2 aliphatic rings. The Balaban J connectivity index is 1.44. The summed E-state index contributed by atoms with van der Waals surface area (Å²) in [5.41, 5.74) is 0.877. The van der Waals surface area contributed by atoms with Gasteiger partial charge in [0.15, 0.2) is 5.76 Å². The summed E-state index contributed by atoms with van der Waals surface area (Å²) in [5, 5.41) is 10.4. The number of furan rings is 1. The first kappa shape index (κ1) is 18.0. The molecule has 0 unspecified atom stereocenters. The quantitative estimate of drug-likeness (QED) is 0.876. The maximum Gasteiger partial charge on any atom is 0.289 e. The molecular weight excluding hydrogens is 348 g/mol. The molecule has 3 heterocycles. The van der Waals surface area contributed by atoms with Crippen LogP contribution in [0.3, 0.4) is 0 Å². The van der Waals surface area contributed by atoms with Gasteiger partial charge < -0.3 is 23.9 Å². The summed E-state index contributed by atoms with van der Waals surface area (Å²) in [4.78, 5) is 16.7. The first-order valence-electron chi connectivity index (χ1n) is 9.19. The van der Waals surface area contributed by atoms with E-state index >= 15 is 0 Å². The lowest BCUT2D eigenvalue weighted by Crippen LogP contribution is -2.49. The number of hydrogen-bond acceptors (Lipinski definition) is 6. The zero-order valence-electron chi connectivity index (χ0n) is 15.3. The van der Waals surface area contributed by atoms with E-state index in [2.05, 4.69) is 4.90 Å². The van der Waals surface area contributed by atoms with Crippen molar-refractivity contribution in [2.75, 3.05) is 46.5 Å². The fraction of sp³-hybridized carbons (Fsp3) is 0.450. The lowest BCUT2D eigenvalue weighted by Gasteiger charge is -2.33. The summed E-state index contributed by atoms with van der Waals surface area (Å²) in [6.45, 7) is 3.72. The van der Waals surface area contributed by atoms with Gasteiger partial charge in [0.25, 0.3) is 5.91 Å². The highest BCUT2D eigenvalue weighted by Gasteiger charge is 2.39. The van der Waals surface area contributed by atoms with Crippen molar-refractivity contribution in [3.05, 3.63) is 42.2 Å². The summed E-state index contributed by atoms with van der Waals surface area (Å²) in [7, 11) is 1.62. The Hall–Kier alpha value is -2.35. The average molecular weight is 372 g/mol. The maximum absolute atomic E-state index is 12.8. The number of nitrogens with zero attached hydrogens (tertiary/aromatic N) is 2. The van der Waals surface area contributed by atoms with Crippen molar-refractivity contribution in [1.29, 1.82) is 0 Å². The predicted molar refractivity (Wildman–Crippen MR) is 98.8 cm³/mol. The van der Waals surface area contributed by atoms with Gasteiger partial charge in [-0.2, -0.15) is 0 Å². The van der Waals surface area contributed by atoms with Gasteiger partial charge in [-0.25, -0.2) is 0 Å². The van der Waals surface area contributed by atoms with E-state index in [0.717, 1.165) is 24.4 Å². The SMILES string of the molecule is COc1ccc(-c2ccc(C(=O)N3C[C@H](O)[C@@H](N4CCOCC4)C3)o2)cc1. The van der Waals surface area contributed by atoms with Crippen molar-refractivity contribution in [3.63, 3.8) is 0 Å². The minimum absolute atomic E-state index is 0.0473. The molecule has 7 heteroatoms. The van der Waals surface area contributed by atoms with Crippen molar-refractivity contribution in [3.8, 4) is 17.1 Å². The van der Waals surface area contributed by atoms with E-state index in [9.17, 15) is 9.90 Å². The number of β-amino-alcohol motifs (C(OH)–C–C–N with tert-alkyl or cyclic N) is 1. The number of aliphatic hydroxyl groups excluding tert-OH is 1. The van der Waals surface area contributed by atoms with Gasteiger partial charge in [0.2, 0.25) is 0 Å². The molecule has 4 rings (SSSR count). The molecule has 144 valence electrons. The van der Waals surface area contributed by atoms with Crippen LogP contribution in [0.15, 0.2) is 40.8 Å². The molecule has 1 aromatic carbocycles. The maximum atomic E-state index is 12.8. The topological polar surface area (TPSA) is 75.4 Å². The first-order valence-corrected chi connectivity index (χ1v) is 9.19. The van der Waals surface area contributed by atoms with Crippen LogP contribution in [0.5, 0.6) is 5.75 Å². The van der Waals surface area contributed by atoms with E-state index in [1.807, 2.05) is 24.3 Å². The number of morpholine rings is 1. The number of rotatable bonds is 4. The van der Waals surface area contributed by atoms with E-state index < -0.39 is 6.10 Å². The largest absolute Gasteiger partial charge is 0.497 e. The molecule has 0 saturated carbocycles. The van der Waals surface area contributed by atoms with E-state index in [4.69, 9.17) is 13.9 Å². The molecule has 1 amide bonds. The second kappa shape index (κ2) is 7.72. The van der Waals surface area contributed by atoms with Crippen LogP contribution in [-0.2, 0) is 4.74 Å². The molecule has 27 heavy (non-hydrogen) atoms. The molecule has 2 atom stereocenters. The molecule has 0 spiro atoms. The highest BCUT2D eigenvalue weighted by Crippen LogP contribution is 2.26. The molecule has 0 bridgehead atoms. The van der Waals surface area contributed by atoms with Gasteiger partial charge in [0.1, 0.15) is 11.5 Å². The number of carbonyl (C=O) groups is 1. The number of aliphatic hydroxyl groups is 1. The van der Waals surface area contributed by atoms with Crippen LogP contribution in [0.25, 0.3) is 11.3 Å². The molecule has 2 aromatic rings. The highest BCUT2D eigenvalue weighted by atomic mass is 16.5. The van der Waals surface area contributed by atoms with Gasteiger partial charge >= 0.3 is 0 Å². The van der Waals surface area contributed by atoms with Crippen LogP contribution >= 0.6 is 0 Å². The van der Waals surface area contributed by atoms with E-state index in [1.165, 1.54) is 0 Å². The van der Waals surface area contributed by atoms with Gasteiger partial charge in [-0.15, -0.1) is 0 Å². The Morgan fingerprint density at radius 3 is 2.56 bits per heavy atom. The lowest BCUT2D eigenvalue weighted by atomic mass is 10.1. The monoisotopic (exact) mass is 372 g/mol. The molecular formula is C20H24N2O5. The molecule has 2 aliphatic heterocycles. The van der Waals surface area contributed by atoms with Gasteiger partial charge in [0.05, 0.1) is 32.5 Å².